The predicted octanol–water partition coefficient (Wildman–Crippen LogP) is 1.72. The van der Waals surface area contributed by atoms with Gasteiger partial charge in [0.1, 0.15) is 17.1 Å². The average molecular weight is 247 g/mol. The van der Waals surface area contributed by atoms with E-state index in [4.69, 9.17) is 10.2 Å². The Labute approximate surface area is 104 Å². The molecule has 0 aliphatic heterocycles. The standard InChI is InChI=1S/C12H13N3O3/c1-6-9(12(16)17-3)10(13)15-11(14-6)8-4-5-18-7(8)2/h4-5H,1-3H3,(H2,13,14,15). The summed E-state index contributed by atoms with van der Waals surface area (Å²) in [6.45, 7) is 3.49. The van der Waals surface area contributed by atoms with Crippen LogP contribution in [0.4, 0.5) is 5.82 Å². The zero-order valence-corrected chi connectivity index (χ0v) is 10.4. The van der Waals surface area contributed by atoms with Crippen molar-refractivity contribution in [3.8, 4) is 11.4 Å². The van der Waals surface area contributed by atoms with Crippen molar-refractivity contribution in [3.05, 3.63) is 29.3 Å². The Balaban J connectivity index is 2.56. The van der Waals surface area contributed by atoms with Gasteiger partial charge < -0.3 is 14.9 Å². The van der Waals surface area contributed by atoms with E-state index in [1.165, 1.54) is 7.11 Å². The Morgan fingerprint density at radius 2 is 2.11 bits per heavy atom. The molecule has 2 aromatic heterocycles. The van der Waals surface area contributed by atoms with Gasteiger partial charge in [-0.25, -0.2) is 14.8 Å². The molecule has 0 spiro atoms. The Morgan fingerprint density at radius 1 is 1.39 bits per heavy atom. The molecule has 6 heteroatoms. The number of ether oxygens (including phenoxy) is 1. The van der Waals surface area contributed by atoms with Crippen LogP contribution < -0.4 is 5.73 Å². The lowest BCUT2D eigenvalue weighted by Crippen LogP contribution is -2.12. The van der Waals surface area contributed by atoms with Crippen LogP contribution in [0.5, 0.6) is 0 Å². The predicted molar refractivity (Wildman–Crippen MR) is 65.0 cm³/mol. The smallest absolute Gasteiger partial charge is 0.343 e. The van der Waals surface area contributed by atoms with Gasteiger partial charge in [-0.05, 0) is 19.9 Å². The molecule has 0 unspecified atom stereocenters. The number of furan rings is 1. The molecule has 0 radical (unpaired) electrons. The first-order chi connectivity index (χ1) is 8.54. The van der Waals surface area contributed by atoms with Crippen molar-refractivity contribution < 1.29 is 13.9 Å². The molecule has 2 rings (SSSR count). The Kier molecular flexibility index (Phi) is 3.01. The van der Waals surface area contributed by atoms with Crippen molar-refractivity contribution in [2.24, 2.45) is 0 Å². The van der Waals surface area contributed by atoms with Crippen molar-refractivity contribution in [2.45, 2.75) is 13.8 Å². The van der Waals surface area contributed by atoms with Gasteiger partial charge in [0, 0.05) is 0 Å². The lowest BCUT2D eigenvalue weighted by atomic mass is 10.2. The molecule has 0 saturated carbocycles. The summed E-state index contributed by atoms with van der Waals surface area (Å²) in [7, 11) is 1.29. The number of methoxy groups -OCH3 is 1. The van der Waals surface area contributed by atoms with Gasteiger partial charge in [-0.3, -0.25) is 0 Å². The number of anilines is 1. The van der Waals surface area contributed by atoms with E-state index < -0.39 is 5.97 Å². The van der Waals surface area contributed by atoms with E-state index in [2.05, 4.69) is 14.7 Å². The number of hydrogen-bond acceptors (Lipinski definition) is 6. The Morgan fingerprint density at radius 3 is 2.61 bits per heavy atom. The third-order valence-electron chi connectivity index (χ3n) is 2.61. The molecular formula is C12H13N3O3. The average Bonchev–Trinajstić information content (AvgIpc) is 2.74. The number of carbonyl (C=O) groups excluding carboxylic acids is 1. The van der Waals surface area contributed by atoms with E-state index in [1.54, 1.807) is 26.2 Å². The summed E-state index contributed by atoms with van der Waals surface area (Å²) >= 11 is 0. The highest BCUT2D eigenvalue weighted by atomic mass is 16.5. The fourth-order valence-corrected chi connectivity index (χ4v) is 1.69. The second-order valence-corrected chi connectivity index (χ2v) is 3.77. The van der Waals surface area contributed by atoms with Crippen LogP contribution >= 0.6 is 0 Å². The van der Waals surface area contributed by atoms with Crippen LogP contribution in [0.3, 0.4) is 0 Å². The quantitative estimate of drug-likeness (QED) is 0.812. The Hall–Kier alpha value is -2.37. The van der Waals surface area contributed by atoms with Gasteiger partial charge in [0.25, 0.3) is 0 Å². The van der Waals surface area contributed by atoms with Gasteiger partial charge >= 0.3 is 5.97 Å². The second-order valence-electron chi connectivity index (χ2n) is 3.77. The molecular weight excluding hydrogens is 234 g/mol. The minimum atomic E-state index is -0.541. The summed E-state index contributed by atoms with van der Waals surface area (Å²) in [5, 5.41) is 0. The van der Waals surface area contributed by atoms with Crippen LogP contribution in [-0.4, -0.2) is 23.0 Å². The van der Waals surface area contributed by atoms with Crippen LogP contribution in [0.25, 0.3) is 11.4 Å². The second kappa shape index (κ2) is 4.48. The monoisotopic (exact) mass is 247 g/mol. The highest BCUT2D eigenvalue weighted by Gasteiger charge is 2.19. The maximum Gasteiger partial charge on any atom is 0.343 e. The number of carbonyl (C=O) groups is 1. The fraction of sp³-hybridized carbons (Fsp3) is 0.250. The minimum absolute atomic E-state index is 0.102. The number of hydrogen-bond donors (Lipinski definition) is 1. The maximum absolute atomic E-state index is 11.5. The number of rotatable bonds is 2. The van der Waals surface area contributed by atoms with Gasteiger partial charge in [0.05, 0.1) is 24.6 Å². The lowest BCUT2D eigenvalue weighted by molar-refractivity contribution is 0.0600. The maximum atomic E-state index is 11.5. The van der Waals surface area contributed by atoms with Crippen molar-refractivity contribution >= 4 is 11.8 Å². The molecule has 0 aliphatic rings. The first-order valence-corrected chi connectivity index (χ1v) is 5.31. The van der Waals surface area contributed by atoms with Crippen LogP contribution in [-0.2, 0) is 4.74 Å². The van der Waals surface area contributed by atoms with E-state index in [1.807, 2.05) is 0 Å². The van der Waals surface area contributed by atoms with E-state index in [-0.39, 0.29) is 11.4 Å². The third kappa shape index (κ3) is 1.92. The number of esters is 1. The molecule has 0 aliphatic carbocycles. The number of aromatic nitrogens is 2. The number of nitrogens with zero attached hydrogens (tertiary/aromatic N) is 2. The molecule has 2 N–H and O–H groups in total. The van der Waals surface area contributed by atoms with E-state index >= 15 is 0 Å². The van der Waals surface area contributed by atoms with E-state index in [0.29, 0.717) is 17.3 Å². The van der Waals surface area contributed by atoms with Crippen molar-refractivity contribution in [1.82, 2.24) is 9.97 Å². The normalized spacial score (nSPS) is 10.4. The third-order valence-corrected chi connectivity index (χ3v) is 2.61. The molecule has 6 nitrogen and oxygen atoms in total. The summed E-state index contributed by atoms with van der Waals surface area (Å²) in [4.78, 5) is 19.9. The summed E-state index contributed by atoms with van der Waals surface area (Å²) in [5.41, 5.74) is 7.20. The molecule has 0 amide bonds. The highest BCUT2D eigenvalue weighted by Crippen LogP contribution is 2.24. The van der Waals surface area contributed by atoms with Gasteiger partial charge in [0.2, 0.25) is 0 Å². The van der Waals surface area contributed by atoms with Gasteiger partial charge in [-0.15, -0.1) is 0 Å². The van der Waals surface area contributed by atoms with E-state index in [0.717, 1.165) is 5.56 Å². The van der Waals surface area contributed by atoms with Gasteiger partial charge in [-0.2, -0.15) is 0 Å². The largest absolute Gasteiger partial charge is 0.469 e. The molecule has 0 saturated heterocycles. The lowest BCUT2D eigenvalue weighted by Gasteiger charge is -2.08. The molecule has 0 aromatic carbocycles. The van der Waals surface area contributed by atoms with Crippen molar-refractivity contribution in [2.75, 3.05) is 12.8 Å². The molecule has 0 fully saturated rings. The molecule has 0 atom stereocenters. The number of nitrogen functional groups attached to an aromatic ring is 1. The highest BCUT2D eigenvalue weighted by molar-refractivity contribution is 5.95. The first-order valence-electron chi connectivity index (χ1n) is 5.31. The molecule has 2 aromatic rings. The first kappa shape index (κ1) is 12.1. The van der Waals surface area contributed by atoms with Gasteiger partial charge in [-0.1, -0.05) is 0 Å². The molecule has 2 heterocycles. The Bertz CT molecular complexity index is 581. The van der Waals surface area contributed by atoms with Gasteiger partial charge in [0.15, 0.2) is 5.82 Å². The SMILES string of the molecule is COC(=O)c1c(C)nc(-c2ccoc2C)nc1N. The van der Waals surface area contributed by atoms with Crippen LogP contribution in [0.1, 0.15) is 21.8 Å². The van der Waals surface area contributed by atoms with Crippen LogP contribution in [0, 0.1) is 13.8 Å². The molecule has 0 bridgehead atoms. The molecule has 94 valence electrons. The zero-order chi connectivity index (χ0) is 13.3. The zero-order valence-electron chi connectivity index (χ0n) is 10.4. The fourth-order valence-electron chi connectivity index (χ4n) is 1.69. The van der Waals surface area contributed by atoms with Crippen LogP contribution in [0.15, 0.2) is 16.7 Å². The summed E-state index contributed by atoms with van der Waals surface area (Å²) in [5.74, 6) is 0.689. The van der Waals surface area contributed by atoms with E-state index in [9.17, 15) is 4.79 Å². The van der Waals surface area contributed by atoms with Crippen molar-refractivity contribution in [1.29, 1.82) is 0 Å². The number of aryl methyl sites for hydroxylation is 2. The molecule has 18 heavy (non-hydrogen) atoms. The topological polar surface area (TPSA) is 91.2 Å². The minimum Gasteiger partial charge on any atom is -0.469 e. The van der Waals surface area contributed by atoms with Crippen LogP contribution in [0.2, 0.25) is 0 Å². The summed E-state index contributed by atoms with van der Waals surface area (Å²) in [6, 6.07) is 1.75. The number of nitrogens with two attached hydrogens (primary N) is 1. The summed E-state index contributed by atoms with van der Waals surface area (Å²) < 4.78 is 9.82. The van der Waals surface area contributed by atoms with Crippen molar-refractivity contribution in [3.63, 3.8) is 0 Å². The summed E-state index contributed by atoms with van der Waals surface area (Å²) in [6.07, 6.45) is 1.55.